The fourth-order valence-corrected chi connectivity index (χ4v) is 4.60. The van der Waals surface area contributed by atoms with Crippen molar-refractivity contribution in [1.29, 1.82) is 0 Å². The van der Waals surface area contributed by atoms with Crippen LogP contribution < -0.4 is 0 Å². The molecule has 1 aliphatic heterocycles. The summed E-state index contributed by atoms with van der Waals surface area (Å²) >= 11 is 0. The molecule has 0 bridgehead atoms. The highest BCUT2D eigenvalue weighted by molar-refractivity contribution is 5.78. The zero-order valence-corrected chi connectivity index (χ0v) is 15.3. The van der Waals surface area contributed by atoms with Crippen molar-refractivity contribution < 1.29 is 13.9 Å². The molecule has 0 unspecified atom stereocenters. The summed E-state index contributed by atoms with van der Waals surface area (Å²) in [6.07, 6.45) is 6.00. The molecule has 1 spiro atoms. The number of halogens is 1. The van der Waals surface area contributed by atoms with Crippen LogP contribution in [0.25, 0.3) is 0 Å². The number of nitrogens with zero attached hydrogens (tertiary/aromatic N) is 2. The number of rotatable bonds is 5. The molecular weight excluding hydrogens is 319 g/mol. The van der Waals surface area contributed by atoms with Crippen LogP contribution in [0.2, 0.25) is 0 Å². The van der Waals surface area contributed by atoms with Crippen LogP contribution in [0.1, 0.15) is 37.7 Å². The molecule has 138 valence electrons. The standard InChI is InChI=1S/C20H29FN2O2/c1-22(13-16-6-8-17(21)9-7-16)14-19(24)23-12-4-11-20(15-23)10-3-5-18(20)25-2/h6-9,18H,3-5,10-15H2,1-2H3/t18-,20+/m1/s1. The molecule has 0 radical (unpaired) electrons. The maximum absolute atomic E-state index is 13.0. The molecule has 1 aromatic carbocycles. The van der Waals surface area contributed by atoms with E-state index in [0.29, 0.717) is 19.2 Å². The maximum atomic E-state index is 13.0. The van der Waals surface area contributed by atoms with E-state index in [9.17, 15) is 9.18 Å². The lowest BCUT2D eigenvalue weighted by molar-refractivity contribution is -0.138. The second kappa shape index (κ2) is 7.83. The minimum Gasteiger partial charge on any atom is -0.381 e. The summed E-state index contributed by atoms with van der Waals surface area (Å²) in [7, 11) is 3.74. The second-order valence-electron chi connectivity index (χ2n) is 7.70. The van der Waals surface area contributed by atoms with E-state index in [2.05, 4.69) is 0 Å². The summed E-state index contributed by atoms with van der Waals surface area (Å²) in [5, 5.41) is 0. The number of amides is 1. The Morgan fingerprint density at radius 2 is 2.04 bits per heavy atom. The normalized spacial score (nSPS) is 26.6. The van der Waals surface area contributed by atoms with Crippen molar-refractivity contribution in [3.8, 4) is 0 Å². The third-order valence-corrected chi connectivity index (χ3v) is 5.84. The van der Waals surface area contributed by atoms with Gasteiger partial charge in [0.15, 0.2) is 0 Å². The highest BCUT2D eigenvalue weighted by Crippen LogP contribution is 2.46. The van der Waals surface area contributed by atoms with Gasteiger partial charge in [0.1, 0.15) is 5.82 Å². The van der Waals surface area contributed by atoms with Crippen LogP contribution in [0.3, 0.4) is 0 Å². The fraction of sp³-hybridized carbons (Fsp3) is 0.650. The Kier molecular flexibility index (Phi) is 5.74. The van der Waals surface area contributed by atoms with Crippen LogP contribution in [-0.2, 0) is 16.1 Å². The van der Waals surface area contributed by atoms with Gasteiger partial charge in [0.2, 0.25) is 5.91 Å². The van der Waals surface area contributed by atoms with Crippen LogP contribution in [0.5, 0.6) is 0 Å². The van der Waals surface area contributed by atoms with Crippen molar-refractivity contribution >= 4 is 5.91 Å². The lowest BCUT2D eigenvalue weighted by Crippen LogP contribution is -2.51. The van der Waals surface area contributed by atoms with Crippen LogP contribution in [0.15, 0.2) is 24.3 Å². The van der Waals surface area contributed by atoms with Gasteiger partial charge in [-0.05, 0) is 50.4 Å². The summed E-state index contributed by atoms with van der Waals surface area (Å²) in [5.41, 5.74) is 1.18. The first kappa shape index (κ1) is 18.3. The molecule has 0 N–H and O–H groups in total. The van der Waals surface area contributed by atoms with Crippen molar-refractivity contribution in [2.24, 2.45) is 5.41 Å². The molecule has 3 rings (SSSR count). The number of carbonyl (C=O) groups excluding carboxylic acids is 1. The van der Waals surface area contributed by atoms with E-state index >= 15 is 0 Å². The Morgan fingerprint density at radius 3 is 2.76 bits per heavy atom. The highest BCUT2D eigenvalue weighted by atomic mass is 19.1. The van der Waals surface area contributed by atoms with Crippen molar-refractivity contribution in [3.05, 3.63) is 35.6 Å². The molecule has 2 fully saturated rings. The monoisotopic (exact) mass is 348 g/mol. The van der Waals surface area contributed by atoms with Crippen molar-refractivity contribution in [3.63, 3.8) is 0 Å². The lowest BCUT2D eigenvalue weighted by atomic mass is 9.76. The molecule has 5 heteroatoms. The second-order valence-corrected chi connectivity index (χ2v) is 7.70. The number of hydrogen-bond donors (Lipinski definition) is 0. The minimum absolute atomic E-state index is 0.165. The molecule has 2 atom stereocenters. The van der Waals surface area contributed by atoms with E-state index in [-0.39, 0.29) is 17.1 Å². The lowest BCUT2D eigenvalue weighted by Gasteiger charge is -2.44. The molecular formula is C20H29FN2O2. The van der Waals surface area contributed by atoms with E-state index in [0.717, 1.165) is 31.5 Å². The van der Waals surface area contributed by atoms with Gasteiger partial charge < -0.3 is 9.64 Å². The van der Waals surface area contributed by atoms with Crippen LogP contribution in [0.4, 0.5) is 4.39 Å². The van der Waals surface area contributed by atoms with Crippen molar-refractivity contribution in [2.75, 3.05) is 33.8 Å². The number of piperidine rings is 1. The summed E-state index contributed by atoms with van der Waals surface area (Å²) in [4.78, 5) is 16.8. The van der Waals surface area contributed by atoms with E-state index in [1.807, 2.05) is 16.8 Å². The molecule has 25 heavy (non-hydrogen) atoms. The molecule has 1 amide bonds. The smallest absolute Gasteiger partial charge is 0.236 e. The van der Waals surface area contributed by atoms with E-state index in [4.69, 9.17) is 4.74 Å². The Morgan fingerprint density at radius 1 is 1.32 bits per heavy atom. The van der Waals surface area contributed by atoms with Crippen molar-refractivity contribution in [2.45, 2.75) is 44.8 Å². The van der Waals surface area contributed by atoms with Gasteiger partial charge in [-0.25, -0.2) is 4.39 Å². The molecule has 2 aliphatic rings. The highest BCUT2D eigenvalue weighted by Gasteiger charge is 2.46. The van der Waals surface area contributed by atoms with Gasteiger partial charge in [-0.1, -0.05) is 18.6 Å². The van der Waals surface area contributed by atoms with E-state index < -0.39 is 0 Å². The molecule has 4 nitrogen and oxygen atoms in total. The summed E-state index contributed by atoms with van der Waals surface area (Å²) in [5.74, 6) is -0.0456. The molecule has 1 saturated heterocycles. The van der Waals surface area contributed by atoms with Gasteiger partial charge in [-0.3, -0.25) is 9.69 Å². The molecule has 1 saturated carbocycles. The third kappa shape index (κ3) is 4.21. The van der Waals surface area contributed by atoms with Gasteiger partial charge in [0, 0.05) is 32.2 Å². The maximum Gasteiger partial charge on any atom is 0.236 e. The number of carbonyl (C=O) groups is 1. The van der Waals surface area contributed by atoms with Gasteiger partial charge >= 0.3 is 0 Å². The first-order valence-corrected chi connectivity index (χ1v) is 9.26. The minimum atomic E-state index is -0.231. The van der Waals surface area contributed by atoms with E-state index in [1.165, 1.54) is 31.4 Å². The quantitative estimate of drug-likeness (QED) is 0.820. The largest absolute Gasteiger partial charge is 0.381 e. The molecule has 1 aliphatic carbocycles. The summed E-state index contributed by atoms with van der Waals surface area (Å²) < 4.78 is 18.7. The van der Waals surface area contributed by atoms with Gasteiger partial charge in [0.25, 0.3) is 0 Å². The fourth-order valence-electron chi connectivity index (χ4n) is 4.60. The van der Waals surface area contributed by atoms with E-state index in [1.54, 1.807) is 19.2 Å². The Hall–Kier alpha value is -1.46. The van der Waals surface area contributed by atoms with Gasteiger partial charge in [-0.2, -0.15) is 0 Å². The average Bonchev–Trinajstić information content (AvgIpc) is 2.98. The molecule has 1 aromatic rings. The number of likely N-dealkylation sites (tertiary alicyclic amines) is 1. The first-order chi connectivity index (χ1) is 12.0. The Bertz CT molecular complexity index is 592. The van der Waals surface area contributed by atoms with Crippen LogP contribution in [-0.4, -0.2) is 55.6 Å². The zero-order chi connectivity index (χ0) is 17.9. The SMILES string of the molecule is CO[C@@H]1CCC[C@@]12CCCN(C(=O)CN(C)Cc1ccc(F)cc1)C2. The third-order valence-electron chi connectivity index (χ3n) is 5.84. The molecule has 0 aromatic heterocycles. The number of benzene rings is 1. The van der Waals surface area contributed by atoms with Crippen LogP contribution in [0, 0.1) is 11.2 Å². The Labute approximate surface area is 149 Å². The summed E-state index contributed by atoms with van der Waals surface area (Å²) in [6.45, 7) is 2.72. The predicted molar refractivity (Wildman–Crippen MR) is 95.6 cm³/mol. The first-order valence-electron chi connectivity index (χ1n) is 9.26. The zero-order valence-electron chi connectivity index (χ0n) is 15.3. The number of methoxy groups -OCH3 is 1. The number of likely N-dealkylation sites (N-methyl/N-ethyl adjacent to an activating group) is 1. The Balaban J connectivity index is 1.56. The number of hydrogen-bond acceptors (Lipinski definition) is 3. The van der Waals surface area contributed by atoms with Crippen LogP contribution >= 0.6 is 0 Å². The topological polar surface area (TPSA) is 32.8 Å². The predicted octanol–water partition coefficient (Wildman–Crippen LogP) is 3.07. The average molecular weight is 348 g/mol. The molecule has 1 heterocycles. The van der Waals surface area contributed by atoms with Crippen molar-refractivity contribution in [1.82, 2.24) is 9.80 Å². The number of ether oxygens (including phenoxy) is 1. The van der Waals surface area contributed by atoms with Gasteiger partial charge in [0.05, 0.1) is 12.6 Å². The summed E-state index contributed by atoms with van der Waals surface area (Å²) in [6, 6.07) is 6.47. The van der Waals surface area contributed by atoms with Gasteiger partial charge in [-0.15, -0.1) is 0 Å².